The highest BCUT2D eigenvalue weighted by molar-refractivity contribution is 9.10. The maximum atomic E-state index is 6.86. The molecule has 5 aromatic heterocycles. The van der Waals surface area contributed by atoms with Gasteiger partial charge in [-0.2, -0.15) is 0 Å². The molecule has 24 heteroatoms. The lowest BCUT2D eigenvalue weighted by molar-refractivity contribution is -0.0980. The minimum Gasteiger partial charge on any atom is -0.481 e. The minimum absolute atomic E-state index is 0.0644. The topological polar surface area (TPSA) is 153 Å². The van der Waals surface area contributed by atoms with E-state index >= 15 is 0 Å². The van der Waals surface area contributed by atoms with Crippen molar-refractivity contribution in [2.75, 3.05) is 33.3 Å². The summed E-state index contributed by atoms with van der Waals surface area (Å²) in [5.74, 6) is 2.22. The smallest absolute Gasteiger partial charge is 0.481 e. The van der Waals surface area contributed by atoms with E-state index in [0.717, 1.165) is 154 Å². The van der Waals surface area contributed by atoms with E-state index in [1.54, 1.807) is 37.6 Å². The SMILES string of the molecule is COc1ccc(Br)cn1.Cc1noc(C)c1-c1ccc(CN2CCC3(CC2)OC(c2cc(Cl)cc(Cl)c2)c2ccccc23)nc1.Cc1noc(C)c1B1OC(C)(C)C(C)(C)O1.Clc1cc(Cl)cc(C2OC3(CCCCC3)c3ccccc32)c1.Clc1cc(Cl)cc(C2OC3(CCN(Cc4ccc(Br)cn4)CC3)c3ccccc32)c1. The molecule has 6 aromatic carbocycles. The lowest BCUT2D eigenvalue weighted by Gasteiger charge is -2.39. The monoisotopic (exact) mass is 1760 g/mol. The van der Waals surface area contributed by atoms with E-state index < -0.39 is 0 Å². The quantitative estimate of drug-likeness (QED) is 0.119. The summed E-state index contributed by atoms with van der Waals surface area (Å²) in [5, 5.41) is 11.8. The van der Waals surface area contributed by atoms with Gasteiger partial charge >= 0.3 is 7.12 Å². The molecule has 1 aliphatic carbocycles. The number of ether oxygens (including phenoxy) is 4. The van der Waals surface area contributed by atoms with Crippen LogP contribution in [0.3, 0.4) is 0 Å². The number of likely N-dealkylation sites (tertiary alicyclic amines) is 2. The van der Waals surface area contributed by atoms with Crippen molar-refractivity contribution in [3.63, 3.8) is 0 Å². The standard InChI is InChI=1S/C29H27Cl2N3O2.C24H21BrCl2N2O.C19H18Cl2O.C11H18BNO3.C6H6BrNO/c1-18-27(19(2)36-33-18)20-7-8-24(32-16-20)17-34-11-9-29(10-12-34)26-6-4-3-5-25(26)28(35-29)21-13-22(30)15-23(31)14-21;25-17-5-6-20(28-14-17)15-29-9-7-24(8-10-29)22-4-2-1-3-21(22)23(30-24)16-11-18(26)13-19(27)12-16;20-14-10-13(11-15(21)12-14)18-16-6-2-3-7-17(16)19(22-18)8-4-1-5-9-19;1-7-9(8(2)14-13-7)12-15-10(3,4)11(5,6)16-12;1-9-6-3-2-5(7)4-8-6/h3-8,13-16,28H,9-12,17H2,1-2H3;1-6,11-14,23H,7-10,15H2;2-3,6-7,10-12,18H,1,4-5,8-9H2;1-6H3;2-4H,1H3. The fourth-order valence-electron chi connectivity index (χ4n) is 16.6. The van der Waals surface area contributed by atoms with Crippen LogP contribution in [0, 0.1) is 27.7 Å². The van der Waals surface area contributed by atoms with E-state index in [4.69, 9.17) is 112 Å². The Hall–Kier alpha value is -6.53. The maximum Gasteiger partial charge on any atom is 0.500 e. The number of methoxy groups -OCH3 is 1. The summed E-state index contributed by atoms with van der Waals surface area (Å²) in [5.41, 5.74) is 16.2. The van der Waals surface area contributed by atoms with Gasteiger partial charge in [0.2, 0.25) is 5.88 Å². The third-order valence-corrected chi connectivity index (χ3v) is 25.2. The number of pyridine rings is 3. The third-order valence-electron chi connectivity index (χ3n) is 23.0. The number of aryl methyl sites for hydroxylation is 4. The number of piperidine rings is 2. The first-order valence-corrected chi connectivity index (χ1v) is 42.1. The number of hydrogen-bond donors (Lipinski definition) is 0. The number of fused-ring (bicyclic) bond motifs is 6. The van der Waals surface area contributed by atoms with Gasteiger partial charge in [-0.15, -0.1) is 0 Å². The first kappa shape index (κ1) is 83.0. The van der Waals surface area contributed by atoms with Crippen molar-refractivity contribution in [2.45, 2.75) is 173 Å². The molecule has 3 saturated heterocycles. The summed E-state index contributed by atoms with van der Waals surface area (Å²) in [6.45, 7) is 21.3. The molecule has 7 aliphatic rings. The van der Waals surface area contributed by atoms with Crippen LogP contribution in [-0.4, -0.2) is 86.7 Å². The summed E-state index contributed by atoms with van der Waals surface area (Å²) in [6, 6.07) is 54.8. The average molecular weight is 1770 g/mol. The van der Waals surface area contributed by atoms with E-state index in [0.29, 0.717) is 36.0 Å². The molecule has 11 heterocycles. The molecule has 18 rings (SSSR count). The van der Waals surface area contributed by atoms with Crippen molar-refractivity contribution in [2.24, 2.45) is 0 Å². The Balaban J connectivity index is 0.000000124. The van der Waals surface area contributed by atoms with Gasteiger partial charge in [0.1, 0.15) is 29.8 Å². The second kappa shape index (κ2) is 35.3. The van der Waals surface area contributed by atoms with Gasteiger partial charge in [-0.05, 0) is 255 Å². The van der Waals surface area contributed by atoms with Crippen LogP contribution < -0.4 is 10.2 Å². The molecule has 11 aromatic rings. The minimum atomic E-state index is -0.378. The zero-order valence-electron chi connectivity index (χ0n) is 64.7. The van der Waals surface area contributed by atoms with Crippen LogP contribution >= 0.6 is 101 Å². The van der Waals surface area contributed by atoms with Crippen LogP contribution in [0.1, 0.15) is 188 Å². The molecule has 3 atom stereocenters. The molecule has 0 N–H and O–H groups in total. The molecule has 0 radical (unpaired) electrons. The second-order valence-corrected chi connectivity index (χ2v) is 35.5. The zero-order valence-corrected chi connectivity index (χ0v) is 72.4. The van der Waals surface area contributed by atoms with Crippen molar-refractivity contribution in [1.82, 2.24) is 35.1 Å². The summed E-state index contributed by atoms with van der Waals surface area (Å²) in [7, 11) is 1.22. The van der Waals surface area contributed by atoms with Crippen LogP contribution in [0.15, 0.2) is 200 Å². The Kier molecular flexibility index (Phi) is 26.0. The van der Waals surface area contributed by atoms with Crippen LogP contribution in [-0.2, 0) is 53.4 Å². The van der Waals surface area contributed by atoms with Crippen LogP contribution in [0.4, 0.5) is 0 Å². The fraction of sp³-hybridized carbons (Fsp3) is 0.360. The third kappa shape index (κ3) is 18.6. The van der Waals surface area contributed by atoms with Crippen LogP contribution in [0.2, 0.25) is 30.1 Å². The van der Waals surface area contributed by atoms with Crippen LogP contribution in [0.25, 0.3) is 11.1 Å². The molecule has 588 valence electrons. The highest BCUT2D eigenvalue weighted by Gasteiger charge is 2.54. The molecular weight excluding hydrogens is 1680 g/mol. The molecule has 4 fully saturated rings. The summed E-state index contributed by atoms with van der Waals surface area (Å²) < 4.78 is 49.4. The molecule has 6 aliphatic heterocycles. The van der Waals surface area contributed by atoms with Crippen molar-refractivity contribution in [3.8, 4) is 17.0 Å². The highest BCUT2D eigenvalue weighted by atomic mass is 79.9. The van der Waals surface area contributed by atoms with Gasteiger partial charge in [0, 0.05) is 120 Å². The Morgan fingerprint density at radius 3 is 1.18 bits per heavy atom. The Bertz CT molecular complexity index is 5030. The molecule has 3 unspecified atom stereocenters. The number of rotatable bonds is 10. The van der Waals surface area contributed by atoms with Gasteiger partial charge in [0.25, 0.3) is 0 Å². The van der Waals surface area contributed by atoms with Gasteiger partial charge in [0.15, 0.2) is 0 Å². The maximum absolute atomic E-state index is 6.86. The number of halogens is 8. The number of hydrogen-bond acceptors (Lipinski definition) is 15. The normalized spacial score (nSPS) is 19.9. The molecular formula is C89H90BBr2Cl6N7O8. The van der Waals surface area contributed by atoms with Gasteiger partial charge < -0.3 is 37.3 Å². The Labute approximate surface area is 709 Å². The van der Waals surface area contributed by atoms with Crippen molar-refractivity contribution >= 4 is 114 Å². The summed E-state index contributed by atoms with van der Waals surface area (Å²) in [4.78, 5) is 18.1. The number of aromatic nitrogens is 5. The average Bonchev–Trinajstić information content (AvgIpc) is 1.59. The predicted octanol–water partition coefficient (Wildman–Crippen LogP) is 23.7. The van der Waals surface area contributed by atoms with Gasteiger partial charge in [-0.3, -0.25) is 19.8 Å². The molecule has 0 bridgehead atoms. The van der Waals surface area contributed by atoms with Crippen molar-refractivity contribution in [3.05, 3.63) is 306 Å². The zero-order chi connectivity index (χ0) is 79.6. The first-order valence-electron chi connectivity index (χ1n) is 38.3. The lowest BCUT2D eigenvalue weighted by atomic mass is 9.77. The van der Waals surface area contributed by atoms with Crippen molar-refractivity contribution in [1.29, 1.82) is 0 Å². The van der Waals surface area contributed by atoms with Gasteiger partial charge in [0.05, 0.1) is 57.9 Å². The van der Waals surface area contributed by atoms with Crippen LogP contribution in [0.5, 0.6) is 5.88 Å². The molecule has 113 heavy (non-hydrogen) atoms. The Morgan fingerprint density at radius 1 is 0.442 bits per heavy atom. The molecule has 1 saturated carbocycles. The molecule has 3 spiro atoms. The highest BCUT2D eigenvalue weighted by Crippen LogP contribution is 2.56. The number of nitrogens with zero attached hydrogens (tertiary/aromatic N) is 7. The van der Waals surface area contributed by atoms with E-state index in [1.807, 2.05) is 116 Å². The van der Waals surface area contributed by atoms with E-state index in [1.165, 1.54) is 52.6 Å². The predicted molar refractivity (Wildman–Crippen MR) is 456 cm³/mol. The Morgan fingerprint density at radius 2 is 0.823 bits per heavy atom. The fourth-order valence-corrected chi connectivity index (χ4v) is 18.7. The number of benzene rings is 6. The largest absolute Gasteiger partial charge is 0.500 e. The molecule has 15 nitrogen and oxygen atoms in total. The summed E-state index contributed by atoms with van der Waals surface area (Å²) in [6.07, 6.45) is 14.8. The van der Waals surface area contributed by atoms with E-state index in [-0.39, 0.29) is 53.4 Å². The van der Waals surface area contributed by atoms with E-state index in [9.17, 15) is 0 Å². The second-order valence-electron chi connectivity index (χ2n) is 31.0. The van der Waals surface area contributed by atoms with Gasteiger partial charge in [-0.1, -0.05) is 178 Å². The first-order chi connectivity index (χ1) is 54.2. The van der Waals surface area contributed by atoms with Crippen molar-refractivity contribution < 1.29 is 37.3 Å². The summed E-state index contributed by atoms with van der Waals surface area (Å²) >= 11 is 44.3. The molecule has 0 amide bonds. The lowest BCUT2D eigenvalue weighted by Crippen LogP contribution is -2.42. The van der Waals surface area contributed by atoms with E-state index in [2.05, 4.69) is 153 Å². The van der Waals surface area contributed by atoms with Gasteiger partial charge in [-0.25, -0.2) is 4.98 Å².